The van der Waals surface area contributed by atoms with Crippen LogP contribution in [0.3, 0.4) is 0 Å². The Morgan fingerprint density at radius 2 is 2.03 bits per heavy atom. The molecule has 31 heavy (non-hydrogen) atoms. The van der Waals surface area contributed by atoms with E-state index >= 15 is 0 Å². The maximum Gasteiger partial charge on any atom is 0.419 e. The van der Waals surface area contributed by atoms with Crippen molar-refractivity contribution in [2.24, 2.45) is 10.2 Å². The first-order valence-electron chi connectivity index (χ1n) is 9.02. The average molecular weight is 507 g/mol. The number of benzene rings is 1. The second kappa shape index (κ2) is 9.06. The SMILES string of the molecule is COC(=O)/C=C1/S/C(=N\N=Cc2cccc3c2c(Br)cn3C(=O)OC(C)(C)C)NC1=O. The van der Waals surface area contributed by atoms with E-state index in [9.17, 15) is 14.4 Å². The van der Waals surface area contributed by atoms with Gasteiger partial charge in [0, 0.05) is 27.7 Å². The van der Waals surface area contributed by atoms with Gasteiger partial charge in [0.2, 0.25) is 0 Å². The van der Waals surface area contributed by atoms with Crippen molar-refractivity contribution < 1.29 is 23.9 Å². The summed E-state index contributed by atoms with van der Waals surface area (Å²) in [7, 11) is 1.23. The van der Waals surface area contributed by atoms with E-state index in [0.717, 1.165) is 23.2 Å². The van der Waals surface area contributed by atoms with Crippen molar-refractivity contribution in [3.8, 4) is 0 Å². The molecule has 1 aliphatic heterocycles. The first kappa shape index (κ1) is 22.8. The zero-order chi connectivity index (χ0) is 22.8. The van der Waals surface area contributed by atoms with E-state index in [4.69, 9.17) is 4.74 Å². The minimum atomic E-state index is -0.631. The fraction of sp³-hybridized carbons (Fsp3) is 0.250. The Balaban J connectivity index is 1.86. The van der Waals surface area contributed by atoms with Gasteiger partial charge in [-0.15, -0.1) is 5.10 Å². The summed E-state index contributed by atoms with van der Waals surface area (Å²) in [6.07, 6.45) is 3.74. The van der Waals surface area contributed by atoms with Crippen molar-refractivity contribution in [2.45, 2.75) is 26.4 Å². The number of nitrogens with one attached hydrogen (secondary N) is 1. The molecule has 3 rings (SSSR count). The third-order valence-electron chi connectivity index (χ3n) is 3.85. The van der Waals surface area contributed by atoms with Crippen molar-refractivity contribution >= 4 is 67.9 Å². The standard InChI is InChI=1S/C20H19BrN4O5S/c1-20(2,3)30-19(28)25-10-12(21)16-11(6-5-7-13(16)25)9-22-24-18-23-17(27)14(31-18)8-15(26)29-4/h5-10H,1-4H3,(H,23,24,27)/b14-8+,22-9?. The van der Waals surface area contributed by atoms with Gasteiger partial charge in [-0.1, -0.05) is 12.1 Å². The minimum Gasteiger partial charge on any atom is -0.466 e. The van der Waals surface area contributed by atoms with Crippen LogP contribution >= 0.6 is 27.7 Å². The molecule has 1 amide bonds. The fourth-order valence-corrected chi connectivity index (χ4v) is 4.00. The highest BCUT2D eigenvalue weighted by molar-refractivity contribution is 9.10. The van der Waals surface area contributed by atoms with E-state index in [1.165, 1.54) is 17.9 Å². The number of thioether (sulfide) groups is 1. The zero-order valence-electron chi connectivity index (χ0n) is 17.1. The number of nitrogens with zero attached hydrogens (tertiary/aromatic N) is 3. The van der Waals surface area contributed by atoms with Gasteiger partial charge in [0.15, 0.2) is 5.17 Å². The van der Waals surface area contributed by atoms with Crippen LogP contribution in [0.2, 0.25) is 0 Å². The lowest BCUT2D eigenvalue weighted by atomic mass is 10.1. The van der Waals surface area contributed by atoms with E-state index in [-0.39, 0.29) is 10.1 Å². The molecule has 1 saturated heterocycles. The summed E-state index contributed by atoms with van der Waals surface area (Å²) >= 11 is 4.46. The summed E-state index contributed by atoms with van der Waals surface area (Å²) in [4.78, 5) is 35.9. The number of hydrogen-bond acceptors (Lipinski definition) is 8. The van der Waals surface area contributed by atoms with Crippen molar-refractivity contribution in [3.63, 3.8) is 0 Å². The van der Waals surface area contributed by atoms with Gasteiger partial charge in [-0.05, 0) is 54.5 Å². The molecule has 1 aromatic carbocycles. The molecule has 0 bridgehead atoms. The van der Waals surface area contributed by atoms with Crippen molar-refractivity contribution in [1.82, 2.24) is 9.88 Å². The Bertz CT molecular complexity index is 1160. The zero-order valence-corrected chi connectivity index (χ0v) is 19.5. The summed E-state index contributed by atoms with van der Waals surface area (Å²) in [5.41, 5.74) is 0.722. The van der Waals surface area contributed by atoms with Gasteiger partial charge in [0.1, 0.15) is 5.60 Å². The fourth-order valence-electron chi connectivity index (χ4n) is 2.62. The van der Waals surface area contributed by atoms with Gasteiger partial charge < -0.3 is 9.47 Å². The third kappa shape index (κ3) is 5.42. The molecular formula is C20H19BrN4O5S. The molecule has 0 saturated carbocycles. The number of methoxy groups -OCH3 is 1. The first-order chi connectivity index (χ1) is 14.6. The number of carbonyl (C=O) groups is 3. The summed E-state index contributed by atoms with van der Waals surface area (Å²) in [5.74, 6) is -1.09. The Morgan fingerprint density at radius 3 is 2.71 bits per heavy atom. The number of fused-ring (bicyclic) bond motifs is 1. The molecule has 1 fully saturated rings. The number of amides is 1. The van der Waals surface area contributed by atoms with Gasteiger partial charge in [-0.3, -0.25) is 14.7 Å². The van der Waals surface area contributed by atoms with Gasteiger partial charge in [0.05, 0.1) is 23.7 Å². The molecule has 2 aromatic rings. The molecule has 11 heteroatoms. The van der Waals surface area contributed by atoms with Crippen LogP contribution in [0, 0.1) is 0 Å². The van der Waals surface area contributed by atoms with E-state index in [0.29, 0.717) is 15.6 Å². The second-order valence-corrected chi connectivity index (χ2v) is 9.19. The number of amidine groups is 1. The molecule has 0 aliphatic carbocycles. The van der Waals surface area contributed by atoms with E-state index in [2.05, 4.69) is 36.2 Å². The number of halogens is 1. The summed E-state index contributed by atoms with van der Waals surface area (Å²) in [5, 5.41) is 11.5. The van der Waals surface area contributed by atoms with Gasteiger partial charge in [-0.25, -0.2) is 9.59 Å². The maximum absolute atomic E-state index is 12.5. The van der Waals surface area contributed by atoms with Crippen molar-refractivity contribution in [2.75, 3.05) is 7.11 Å². The predicted octanol–water partition coefficient (Wildman–Crippen LogP) is 3.80. The molecule has 0 unspecified atom stereocenters. The number of esters is 1. The quantitative estimate of drug-likeness (QED) is 0.293. The molecule has 1 aliphatic rings. The van der Waals surface area contributed by atoms with Crippen LogP contribution in [0.25, 0.3) is 10.9 Å². The monoisotopic (exact) mass is 506 g/mol. The van der Waals surface area contributed by atoms with Crippen LogP contribution in [0.15, 0.2) is 50.1 Å². The Labute approximate surface area is 190 Å². The number of aromatic nitrogens is 1. The smallest absolute Gasteiger partial charge is 0.419 e. The summed E-state index contributed by atoms with van der Waals surface area (Å²) in [6, 6.07) is 5.40. The largest absolute Gasteiger partial charge is 0.466 e. The number of carbonyl (C=O) groups excluding carboxylic acids is 3. The molecule has 9 nitrogen and oxygen atoms in total. The molecule has 2 heterocycles. The predicted molar refractivity (Wildman–Crippen MR) is 122 cm³/mol. The van der Waals surface area contributed by atoms with Crippen LogP contribution in [0.1, 0.15) is 26.3 Å². The van der Waals surface area contributed by atoms with E-state index < -0.39 is 23.6 Å². The number of ether oxygens (including phenoxy) is 2. The Hall–Kier alpha value is -2.92. The normalized spacial score (nSPS) is 17.0. The van der Waals surface area contributed by atoms with Crippen molar-refractivity contribution in [1.29, 1.82) is 0 Å². The lowest BCUT2D eigenvalue weighted by molar-refractivity contribution is -0.135. The molecule has 1 N–H and O–H groups in total. The maximum atomic E-state index is 12.5. The van der Waals surface area contributed by atoms with Gasteiger partial charge in [0.25, 0.3) is 5.91 Å². The van der Waals surface area contributed by atoms with Crippen LogP contribution < -0.4 is 5.32 Å². The Morgan fingerprint density at radius 1 is 1.29 bits per heavy atom. The molecule has 0 atom stereocenters. The van der Waals surface area contributed by atoms with Crippen LogP contribution in [0.5, 0.6) is 0 Å². The van der Waals surface area contributed by atoms with Crippen LogP contribution in [-0.2, 0) is 19.1 Å². The highest BCUT2D eigenvalue weighted by Gasteiger charge is 2.25. The lowest BCUT2D eigenvalue weighted by Crippen LogP contribution is -2.26. The highest BCUT2D eigenvalue weighted by atomic mass is 79.9. The first-order valence-corrected chi connectivity index (χ1v) is 10.6. The summed E-state index contributed by atoms with van der Waals surface area (Å²) in [6.45, 7) is 5.40. The topological polar surface area (TPSA) is 111 Å². The highest BCUT2D eigenvalue weighted by Crippen LogP contribution is 2.30. The Kier molecular flexibility index (Phi) is 6.65. The molecule has 0 spiro atoms. The minimum absolute atomic E-state index is 0.167. The number of hydrogen-bond donors (Lipinski definition) is 1. The van der Waals surface area contributed by atoms with E-state index in [1.54, 1.807) is 39.1 Å². The van der Waals surface area contributed by atoms with Gasteiger partial charge in [-0.2, -0.15) is 5.10 Å². The van der Waals surface area contributed by atoms with Crippen LogP contribution in [-0.4, -0.2) is 46.6 Å². The summed E-state index contributed by atoms with van der Waals surface area (Å²) < 4.78 is 12.1. The molecule has 0 radical (unpaired) electrons. The average Bonchev–Trinajstić information content (AvgIpc) is 3.21. The number of rotatable bonds is 3. The molecular weight excluding hydrogens is 488 g/mol. The second-order valence-electron chi connectivity index (χ2n) is 7.31. The molecule has 162 valence electrons. The lowest BCUT2D eigenvalue weighted by Gasteiger charge is -2.19. The van der Waals surface area contributed by atoms with E-state index in [1.807, 2.05) is 6.07 Å². The van der Waals surface area contributed by atoms with Crippen molar-refractivity contribution in [3.05, 3.63) is 45.4 Å². The van der Waals surface area contributed by atoms with Gasteiger partial charge >= 0.3 is 12.1 Å². The van der Waals surface area contributed by atoms with Crippen LogP contribution in [0.4, 0.5) is 4.79 Å². The third-order valence-corrected chi connectivity index (χ3v) is 5.35. The molecule has 1 aromatic heterocycles.